The van der Waals surface area contributed by atoms with Gasteiger partial charge < -0.3 is 5.73 Å². The quantitative estimate of drug-likeness (QED) is 0.902. The Kier molecular flexibility index (Phi) is 3.92. The van der Waals surface area contributed by atoms with Crippen LogP contribution in [0.1, 0.15) is 5.82 Å². The number of aromatic nitrogens is 2. The van der Waals surface area contributed by atoms with Crippen molar-refractivity contribution in [3.63, 3.8) is 0 Å². The fourth-order valence-corrected chi connectivity index (χ4v) is 2.31. The minimum atomic E-state index is -3.17. The molecule has 0 fully saturated rings. The zero-order valence-corrected chi connectivity index (χ0v) is 11.4. The lowest BCUT2D eigenvalue weighted by atomic mass is 10.1. The van der Waals surface area contributed by atoms with Gasteiger partial charge in [0.25, 0.3) is 0 Å². The second-order valence-corrected chi connectivity index (χ2v) is 6.21. The molecular formula is C13H15N3O2S. The Morgan fingerprint density at radius 1 is 1.16 bits per heavy atom. The van der Waals surface area contributed by atoms with Crippen LogP contribution >= 0.6 is 0 Å². The summed E-state index contributed by atoms with van der Waals surface area (Å²) < 4.78 is 22.8. The maximum atomic E-state index is 11.4. The van der Waals surface area contributed by atoms with Crippen LogP contribution in [0.25, 0.3) is 11.3 Å². The highest BCUT2D eigenvalue weighted by molar-refractivity contribution is 7.90. The Labute approximate surface area is 112 Å². The van der Waals surface area contributed by atoms with Crippen molar-refractivity contribution in [3.8, 4) is 11.3 Å². The molecule has 2 N–H and O–H groups in total. The van der Waals surface area contributed by atoms with Crippen LogP contribution < -0.4 is 5.73 Å². The molecular weight excluding hydrogens is 262 g/mol. The lowest BCUT2D eigenvalue weighted by Gasteiger charge is -2.04. The monoisotopic (exact) mass is 277 g/mol. The molecule has 5 nitrogen and oxygen atoms in total. The summed E-state index contributed by atoms with van der Waals surface area (Å²) in [6.45, 7) is 0.496. The lowest BCUT2D eigenvalue weighted by Crippen LogP contribution is -2.06. The Morgan fingerprint density at radius 3 is 2.42 bits per heavy atom. The van der Waals surface area contributed by atoms with Crippen molar-refractivity contribution < 1.29 is 8.42 Å². The average molecular weight is 277 g/mol. The van der Waals surface area contributed by atoms with Gasteiger partial charge in [-0.2, -0.15) is 0 Å². The fraction of sp³-hybridized carbons (Fsp3) is 0.231. The predicted octanol–water partition coefficient (Wildman–Crippen LogP) is 1.05. The molecule has 0 radical (unpaired) electrons. The molecule has 100 valence electrons. The number of hydrogen-bond donors (Lipinski definition) is 1. The second kappa shape index (κ2) is 5.46. The van der Waals surface area contributed by atoms with Crippen molar-refractivity contribution in [1.29, 1.82) is 0 Å². The first-order chi connectivity index (χ1) is 9.00. The van der Waals surface area contributed by atoms with E-state index in [1.807, 2.05) is 0 Å². The molecule has 1 aromatic heterocycles. The number of nitrogens with two attached hydrogens (primary N) is 1. The van der Waals surface area contributed by atoms with E-state index in [9.17, 15) is 8.42 Å². The Balaban J connectivity index is 2.34. The van der Waals surface area contributed by atoms with Gasteiger partial charge >= 0.3 is 0 Å². The van der Waals surface area contributed by atoms with Crippen molar-refractivity contribution >= 4 is 9.84 Å². The zero-order valence-electron chi connectivity index (χ0n) is 10.6. The SMILES string of the molecule is CS(=O)(=O)c1ccc(-c2ccnc(CCN)n2)cc1. The Hall–Kier alpha value is -1.79. The molecule has 6 heteroatoms. The van der Waals surface area contributed by atoms with Crippen LogP contribution in [0.3, 0.4) is 0 Å². The average Bonchev–Trinajstić information content (AvgIpc) is 2.39. The van der Waals surface area contributed by atoms with Crippen LogP contribution in [0.15, 0.2) is 41.4 Å². The number of rotatable bonds is 4. The summed E-state index contributed by atoms with van der Waals surface area (Å²) in [6.07, 6.45) is 3.49. The van der Waals surface area contributed by atoms with Gasteiger partial charge in [-0.3, -0.25) is 0 Å². The summed E-state index contributed by atoms with van der Waals surface area (Å²) in [5.74, 6) is 0.687. The standard InChI is InChI=1S/C13H15N3O2S/c1-19(17,18)11-4-2-10(3-5-11)12-7-9-15-13(16-12)6-8-14/h2-5,7,9H,6,8,14H2,1H3. The van der Waals surface area contributed by atoms with E-state index in [0.29, 0.717) is 23.7 Å². The number of benzene rings is 1. The molecule has 0 aliphatic heterocycles. The smallest absolute Gasteiger partial charge is 0.175 e. The van der Waals surface area contributed by atoms with Crippen LogP contribution in [-0.4, -0.2) is 31.2 Å². The van der Waals surface area contributed by atoms with Crippen molar-refractivity contribution in [2.45, 2.75) is 11.3 Å². The van der Waals surface area contributed by atoms with Gasteiger partial charge in [0.05, 0.1) is 10.6 Å². The summed E-state index contributed by atoms with van der Waals surface area (Å²) in [5, 5.41) is 0. The van der Waals surface area contributed by atoms with Crippen LogP contribution in [-0.2, 0) is 16.3 Å². The van der Waals surface area contributed by atoms with Gasteiger partial charge in [0.15, 0.2) is 9.84 Å². The van der Waals surface area contributed by atoms with E-state index in [0.717, 1.165) is 11.3 Å². The van der Waals surface area contributed by atoms with Gasteiger partial charge in [0.1, 0.15) is 5.82 Å². The van der Waals surface area contributed by atoms with Crippen LogP contribution in [0, 0.1) is 0 Å². The minimum Gasteiger partial charge on any atom is -0.330 e. The molecule has 0 amide bonds. The molecule has 0 atom stereocenters. The van der Waals surface area contributed by atoms with Crippen LogP contribution in [0.5, 0.6) is 0 Å². The zero-order chi connectivity index (χ0) is 13.9. The molecule has 0 saturated carbocycles. The molecule has 2 rings (SSSR count). The van der Waals surface area contributed by atoms with E-state index >= 15 is 0 Å². The molecule has 0 aliphatic carbocycles. The highest BCUT2D eigenvalue weighted by Crippen LogP contribution is 2.19. The lowest BCUT2D eigenvalue weighted by molar-refractivity contribution is 0.602. The number of nitrogens with zero attached hydrogens (tertiary/aromatic N) is 2. The van der Waals surface area contributed by atoms with Crippen LogP contribution in [0.2, 0.25) is 0 Å². The van der Waals surface area contributed by atoms with Gasteiger partial charge in [-0.05, 0) is 24.7 Å². The first-order valence-electron chi connectivity index (χ1n) is 5.83. The Morgan fingerprint density at radius 2 is 1.84 bits per heavy atom. The maximum absolute atomic E-state index is 11.4. The topological polar surface area (TPSA) is 85.9 Å². The van der Waals surface area contributed by atoms with E-state index in [1.165, 1.54) is 6.26 Å². The third-order valence-corrected chi connectivity index (χ3v) is 3.78. The first kappa shape index (κ1) is 13.6. The highest BCUT2D eigenvalue weighted by atomic mass is 32.2. The van der Waals surface area contributed by atoms with Crippen molar-refractivity contribution in [3.05, 3.63) is 42.4 Å². The summed E-state index contributed by atoms with van der Waals surface area (Å²) in [7, 11) is -3.17. The normalized spacial score (nSPS) is 11.5. The molecule has 0 spiro atoms. The second-order valence-electron chi connectivity index (χ2n) is 4.19. The molecule has 0 bridgehead atoms. The van der Waals surface area contributed by atoms with Crippen LogP contribution in [0.4, 0.5) is 0 Å². The molecule has 0 unspecified atom stereocenters. The molecule has 0 saturated heterocycles. The summed E-state index contributed by atoms with van der Waals surface area (Å²) in [6, 6.07) is 8.43. The van der Waals surface area contributed by atoms with Crippen molar-refractivity contribution in [2.75, 3.05) is 12.8 Å². The number of hydrogen-bond acceptors (Lipinski definition) is 5. The van der Waals surface area contributed by atoms with E-state index in [2.05, 4.69) is 9.97 Å². The van der Waals surface area contributed by atoms with E-state index < -0.39 is 9.84 Å². The van der Waals surface area contributed by atoms with E-state index in [1.54, 1.807) is 36.5 Å². The first-order valence-corrected chi connectivity index (χ1v) is 7.72. The summed E-state index contributed by atoms with van der Waals surface area (Å²) >= 11 is 0. The van der Waals surface area contributed by atoms with E-state index in [4.69, 9.17) is 5.73 Å². The van der Waals surface area contributed by atoms with Gasteiger partial charge in [-0.1, -0.05) is 12.1 Å². The van der Waals surface area contributed by atoms with Gasteiger partial charge in [0, 0.05) is 24.4 Å². The van der Waals surface area contributed by atoms with Gasteiger partial charge in [0.2, 0.25) is 0 Å². The molecule has 1 aromatic carbocycles. The summed E-state index contributed by atoms with van der Waals surface area (Å²) in [5.41, 5.74) is 7.09. The highest BCUT2D eigenvalue weighted by Gasteiger charge is 2.07. The maximum Gasteiger partial charge on any atom is 0.175 e. The van der Waals surface area contributed by atoms with Gasteiger partial charge in [-0.25, -0.2) is 18.4 Å². The predicted molar refractivity (Wildman–Crippen MR) is 73.3 cm³/mol. The fourth-order valence-electron chi connectivity index (χ4n) is 1.68. The van der Waals surface area contributed by atoms with Crippen molar-refractivity contribution in [1.82, 2.24) is 9.97 Å². The molecule has 19 heavy (non-hydrogen) atoms. The molecule has 1 heterocycles. The van der Waals surface area contributed by atoms with Gasteiger partial charge in [-0.15, -0.1) is 0 Å². The third-order valence-electron chi connectivity index (χ3n) is 2.65. The largest absolute Gasteiger partial charge is 0.330 e. The number of sulfone groups is 1. The van der Waals surface area contributed by atoms with Crippen molar-refractivity contribution in [2.24, 2.45) is 5.73 Å². The Bertz CT molecular complexity index is 667. The molecule has 0 aliphatic rings. The third kappa shape index (κ3) is 3.36. The summed E-state index contributed by atoms with van der Waals surface area (Å²) in [4.78, 5) is 8.81. The molecule has 2 aromatic rings. The minimum absolute atomic E-state index is 0.299. The van der Waals surface area contributed by atoms with E-state index in [-0.39, 0.29) is 0 Å².